The highest BCUT2D eigenvalue weighted by molar-refractivity contribution is 5.85. The van der Waals surface area contributed by atoms with Gasteiger partial charge in [-0.2, -0.15) is 0 Å². The Balaban J connectivity index is 1.73. The summed E-state index contributed by atoms with van der Waals surface area (Å²) in [6.45, 7) is 2.21. The van der Waals surface area contributed by atoms with Gasteiger partial charge in [-0.05, 0) is 42.5 Å². The molecular formula is C18H22O. The summed E-state index contributed by atoms with van der Waals surface area (Å²) in [6.07, 6.45) is 7.01. The monoisotopic (exact) mass is 254 g/mol. The fourth-order valence-corrected chi connectivity index (χ4v) is 3.18. The molecule has 1 saturated carbocycles. The molecule has 0 amide bonds. The molecule has 0 N–H and O–H groups in total. The molecule has 1 aliphatic carbocycles. The van der Waals surface area contributed by atoms with E-state index in [1.54, 1.807) is 0 Å². The third kappa shape index (κ3) is 2.98. The molecule has 1 nitrogen and oxygen atoms in total. The van der Waals surface area contributed by atoms with Crippen molar-refractivity contribution < 1.29 is 4.74 Å². The molecule has 2 aromatic rings. The van der Waals surface area contributed by atoms with Crippen LogP contribution in [0.3, 0.4) is 0 Å². The van der Waals surface area contributed by atoms with Crippen LogP contribution in [0.5, 0.6) is 0 Å². The molecule has 0 aromatic heterocycles. The van der Waals surface area contributed by atoms with Gasteiger partial charge in [0.15, 0.2) is 0 Å². The van der Waals surface area contributed by atoms with E-state index in [1.807, 2.05) is 0 Å². The first-order valence-electron chi connectivity index (χ1n) is 7.45. The molecule has 0 saturated heterocycles. The van der Waals surface area contributed by atoms with Gasteiger partial charge in [0.05, 0.1) is 12.2 Å². The van der Waals surface area contributed by atoms with Crippen molar-refractivity contribution in [3.63, 3.8) is 0 Å². The van der Waals surface area contributed by atoms with Gasteiger partial charge in [0.2, 0.25) is 0 Å². The number of hydrogen-bond acceptors (Lipinski definition) is 1. The predicted molar refractivity (Wildman–Crippen MR) is 80.5 cm³/mol. The summed E-state index contributed by atoms with van der Waals surface area (Å²) in [5.74, 6) is 0. The van der Waals surface area contributed by atoms with Crippen molar-refractivity contribution in [3.8, 4) is 0 Å². The third-order valence-corrected chi connectivity index (χ3v) is 4.11. The van der Waals surface area contributed by atoms with Gasteiger partial charge in [-0.15, -0.1) is 0 Å². The summed E-state index contributed by atoms with van der Waals surface area (Å²) in [4.78, 5) is 0. The van der Waals surface area contributed by atoms with Gasteiger partial charge in [0.1, 0.15) is 0 Å². The van der Waals surface area contributed by atoms with Gasteiger partial charge >= 0.3 is 0 Å². The Kier molecular flexibility index (Phi) is 3.84. The topological polar surface area (TPSA) is 9.23 Å². The molecule has 0 spiro atoms. The van der Waals surface area contributed by atoms with Crippen LogP contribution in [0.15, 0.2) is 42.5 Å². The first-order chi connectivity index (χ1) is 9.33. The average molecular weight is 254 g/mol. The number of benzene rings is 2. The Labute approximate surface area is 115 Å². The summed E-state index contributed by atoms with van der Waals surface area (Å²) < 4.78 is 6.16. The first kappa shape index (κ1) is 12.7. The summed E-state index contributed by atoms with van der Waals surface area (Å²) in [7, 11) is 0. The number of rotatable bonds is 4. The zero-order chi connectivity index (χ0) is 13.1. The minimum absolute atomic E-state index is 0.314. The van der Waals surface area contributed by atoms with Gasteiger partial charge in [0, 0.05) is 0 Å². The molecular weight excluding hydrogens is 232 g/mol. The molecule has 1 fully saturated rings. The van der Waals surface area contributed by atoms with Crippen LogP contribution in [0.25, 0.3) is 10.8 Å². The molecule has 1 atom stereocenters. The molecule has 1 heteroatoms. The minimum atomic E-state index is 0.314. The Morgan fingerprint density at radius 2 is 1.79 bits per heavy atom. The minimum Gasteiger partial charge on any atom is -0.375 e. The zero-order valence-corrected chi connectivity index (χ0v) is 11.6. The van der Waals surface area contributed by atoms with E-state index in [4.69, 9.17) is 4.74 Å². The lowest BCUT2D eigenvalue weighted by Crippen LogP contribution is -2.19. The van der Waals surface area contributed by atoms with Gasteiger partial charge in [-0.1, -0.05) is 55.3 Å². The Morgan fingerprint density at radius 1 is 1.05 bits per heavy atom. The lowest BCUT2D eigenvalue weighted by Gasteiger charge is -2.19. The van der Waals surface area contributed by atoms with Crippen LogP contribution in [0.1, 0.15) is 38.2 Å². The second kappa shape index (κ2) is 5.75. The lowest BCUT2D eigenvalue weighted by molar-refractivity contribution is 0.00302. The predicted octanol–water partition coefficient (Wildman–Crippen LogP) is 4.73. The first-order valence-corrected chi connectivity index (χ1v) is 7.45. The SMILES string of the molecule is CC(Cc1cccc2ccccc12)OC1CCCC1. The number of hydrogen-bond donors (Lipinski definition) is 0. The van der Waals surface area contributed by atoms with E-state index >= 15 is 0 Å². The normalized spacial score (nSPS) is 17.9. The molecule has 100 valence electrons. The molecule has 1 aliphatic rings. The van der Waals surface area contributed by atoms with E-state index in [1.165, 1.54) is 42.0 Å². The zero-order valence-electron chi connectivity index (χ0n) is 11.6. The largest absolute Gasteiger partial charge is 0.375 e. The quantitative estimate of drug-likeness (QED) is 0.766. The van der Waals surface area contributed by atoms with Crippen LogP contribution in [0, 0.1) is 0 Å². The molecule has 0 heterocycles. The number of ether oxygens (including phenoxy) is 1. The van der Waals surface area contributed by atoms with Crippen LogP contribution in [-0.2, 0) is 11.2 Å². The Morgan fingerprint density at radius 3 is 2.63 bits per heavy atom. The maximum Gasteiger partial charge on any atom is 0.0591 e. The highest BCUT2D eigenvalue weighted by atomic mass is 16.5. The fraction of sp³-hybridized carbons (Fsp3) is 0.444. The fourth-order valence-electron chi connectivity index (χ4n) is 3.18. The lowest BCUT2D eigenvalue weighted by atomic mass is 10.0. The van der Waals surface area contributed by atoms with Crippen molar-refractivity contribution in [2.75, 3.05) is 0 Å². The van der Waals surface area contributed by atoms with Gasteiger partial charge in [0.25, 0.3) is 0 Å². The molecule has 0 radical (unpaired) electrons. The second-order valence-electron chi connectivity index (χ2n) is 5.70. The van der Waals surface area contributed by atoms with Crippen molar-refractivity contribution in [3.05, 3.63) is 48.0 Å². The summed E-state index contributed by atoms with van der Waals surface area (Å²) in [6, 6.07) is 15.2. The standard InChI is InChI=1S/C18H22O/c1-14(19-17-10-3-4-11-17)13-16-9-6-8-15-7-2-5-12-18(15)16/h2,5-9,12,14,17H,3-4,10-11,13H2,1H3. The molecule has 19 heavy (non-hydrogen) atoms. The van der Waals surface area contributed by atoms with E-state index in [9.17, 15) is 0 Å². The maximum atomic E-state index is 6.16. The Hall–Kier alpha value is -1.34. The maximum absolute atomic E-state index is 6.16. The van der Waals surface area contributed by atoms with Crippen molar-refractivity contribution in [1.29, 1.82) is 0 Å². The van der Waals surface area contributed by atoms with E-state index in [0.717, 1.165) is 6.42 Å². The molecule has 0 bridgehead atoms. The van der Waals surface area contributed by atoms with E-state index in [-0.39, 0.29) is 0 Å². The second-order valence-corrected chi connectivity index (χ2v) is 5.70. The van der Waals surface area contributed by atoms with Crippen molar-refractivity contribution >= 4 is 10.8 Å². The van der Waals surface area contributed by atoms with E-state index in [2.05, 4.69) is 49.4 Å². The summed E-state index contributed by atoms with van der Waals surface area (Å²) in [5.41, 5.74) is 1.41. The summed E-state index contributed by atoms with van der Waals surface area (Å²) in [5, 5.41) is 2.69. The van der Waals surface area contributed by atoms with Crippen LogP contribution in [0.4, 0.5) is 0 Å². The highest BCUT2D eigenvalue weighted by Gasteiger charge is 2.18. The molecule has 3 rings (SSSR count). The number of fused-ring (bicyclic) bond motifs is 1. The smallest absolute Gasteiger partial charge is 0.0591 e. The van der Waals surface area contributed by atoms with Gasteiger partial charge < -0.3 is 4.74 Å². The van der Waals surface area contributed by atoms with Crippen molar-refractivity contribution in [2.45, 2.75) is 51.2 Å². The van der Waals surface area contributed by atoms with Crippen LogP contribution in [-0.4, -0.2) is 12.2 Å². The van der Waals surface area contributed by atoms with Gasteiger partial charge in [-0.3, -0.25) is 0 Å². The molecule has 0 aliphatic heterocycles. The molecule has 2 aromatic carbocycles. The van der Waals surface area contributed by atoms with Crippen molar-refractivity contribution in [1.82, 2.24) is 0 Å². The van der Waals surface area contributed by atoms with Gasteiger partial charge in [-0.25, -0.2) is 0 Å². The average Bonchev–Trinajstić information content (AvgIpc) is 2.92. The van der Waals surface area contributed by atoms with Crippen LogP contribution in [0.2, 0.25) is 0 Å². The van der Waals surface area contributed by atoms with E-state index in [0.29, 0.717) is 12.2 Å². The summed E-state index contributed by atoms with van der Waals surface area (Å²) >= 11 is 0. The third-order valence-electron chi connectivity index (χ3n) is 4.11. The van der Waals surface area contributed by atoms with E-state index < -0.39 is 0 Å². The van der Waals surface area contributed by atoms with Crippen LogP contribution < -0.4 is 0 Å². The highest BCUT2D eigenvalue weighted by Crippen LogP contribution is 2.25. The van der Waals surface area contributed by atoms with Crippen LogP contribution >= 0.6 is 0 Å². The van der Waals surface area contributed by atoms with Crippen molar-refractivity contribution in [2.24, 2.45) is 0 Å². The molecule has 1 unspecified atom stereocenters. The Bertz CT molecular complexity index is 535.